The van der Waals surface area contributed by atoms with Crippen molar-refractivity contribution in [3.05, 3.63) is 23.7 Å². The first-order chi connectivity index (χ1) is 4.97. The molecule has 0 aromatic carbocycles. The van der Waals surface area contributed by atoms with E-state index in [4.69, 9.17) is 0 Å². The molecule has 1 nitrogen and oxygen atoms in total. The van der Waals surface area contributed by atoms with Crippen LogP contribution in [0.25, 0.3) is 10.2 Å². The topological polar surface area (TPSA) is 15.8 Å². The van der Waals surface area contributed by atoms with E-state index in [2.05, 4.69) is 22.5 Å². The van der Waals surface area contributed by atoms with Gasteiger partial charge in [-0.2, -0.15) is 0 Å². The summed E-state index contributed by atoms with van der Waals surface area (Å²) in [6.07, 6.45) is 1.96. The molecule has 2 heteroatoms. The van der Waals surface area contributed by atoms with E-state index < -0.39 is 0 Å². The molecule has 54 valence electrons. The third-order valence-corrected chi connectivity index (χ3v) is 2.03. The molecule has 0 aliphatic rings. The minimum absolute atomic E-state index is 1.27. The number of aromatic nitrogens is 1. The average Bonchev–Trinajstić information content (AvgIpc) is 2.49. The van der Waals surface area contributed by atoms with Crippen LogP contribution < -0.4 is 0 Å². The normalized spacial score (nSPS) is 9.00. The average molecular weight is 153 g/mol. The molecule has 0 spiro atoms. The van der Waals surface area contributed by atoms with Gasteiger partial charge in [0.25, 0.3) is 0 Å². The number of nitrogens with one attached hydrogen (secondary N) is 1. The second-order valence-corrected chi connectivity index (χ2v) is 2.60. The molecule has 0 fully saturated rings. The molecule has 0 aliphatic carbocycles. The van der Waals surface area contributed by atoms with Gasteiger partial charge in [0.15, 0.2) is 0 Å². The summed E-state index contributed by atoms with van der Waals surface area (Å²) in [6.45, 7) is 4.00. The lowest BCUT2D eigenvalue weighted by molar-refractivity contribution is 1.50. The summed E-state index contributed by atoms with van der Waals surface area (Å²) < 4.78 is 0. The van der Waals surface area contributed by atoms with Crippen LogP contribution in [-0.2, 0) is 0 Å². The number of aromatic amines is 1. The van der Waals surface area contributed by atoms with Crippen molar-refractivity contribution in [1.82, 2.24) is 4.98 Å². The summed E-state index contributed by atoms with van der Waals surface area (Å²) in [6, 6.07) is 4.18. The van der Waals surface area contributed by atoms with E-state index in [9.17, 15) is 0 Å². The van der Waals surface area contributed by atoms with Crippen LogP contribution in [0.3, 0.4) is 0 Å². The number of hydrogen-bond acceptors (Lipinski definition) is 1. The molecular weight excluding hydrogens is 142 g/mol. The molecule has 0 bridgehead atoms. The lowest BCUT2D eigenvalue weighted by Crippen LogP contribution is -1.46. The van der Waals surface area contributed by atoms with E-state index in [1.165, 1.54) is 10.2 Å². The second-order valence-electron chi connectivity index (χ2n) is 1.68. The van der Waals surface area contributed by atoms with Gasteiger partial charge in [-0.05, 0) is 17.5 Å². The fraction of sp³-hybridized carbons (Fsp3) is 0.250. The van der Waals surface area contributed by atoms with Crippen molar-refractivity contribution in [2.24, 2.45) is 0 Å². The Labute approximate surface area is 64.7 Å². The summed E-state index contributed by atoms with van der Waals surface area (Å²) in [7, 11) is 0. The van der Waals surface area contributed by atoms with E-state index in [1.54, 1.807) is 11.3 Å². The summed E-state index contributed by atoms with van der Waals surface area (Å²) in [5.41, 5.74) is 0. The van der Waals surface area contributed by atoms with Crippen LogP contribution >= 0.6 is 11.3 Å². The first kappa shape index (κ1) is 7.35. The standard InChI is InChI=1S/C6H5NS.C2H6/c1-3-7-6-5(1)2-4-8-6;1-2/h1-4,7H;1-2H3. The number of hydrogen-bond donors (Lipinski definition) is 1. The fourth-order valence-corrected chi connectivity index (χ4v) is 1.53. The van der Waals surface area contributed by atoms with Crippen LogP contribution in [-0.4, -0.2) is 4.98 Å². The van der Waals surface area contributed by atoms with Gasteiger partial charge in [-0.3, -0.25) is 0 Å². The van der Waals surface area contributed by atoms with E-state index in [1.807, 2.05) is 20.0 Å². The highest BCUT2D eigenvalue weighted by molar-refractivity contribution is 7.16. The Bertz CT molecular complexity index is 231. The Kier molecular flexibility index (Phi) is 2.51. The lowest BCUT2D eigenvalue weighted by Gasteiger charge is -1.66. The molecule has 0 saturated heterocycles. The predicted octanol–water partition coefficient (Wildman–Crippen LogP) is 3.26. The van der Waals surface area contributed by atoms with Crippen LogP contribution in [0.5, 0.6) is 0 Å². The molecule has 0 aliphatic heterocycles. The van der Waals surface area contributed by atoms with Gasteiger partial charge < -0.3 is 4.98 Å². The highest BCUT2D eigenvalue weighted by Gasteiger charge is 1.89. The van der Waals surface area contributed by atoms with Crippen molar-refractivity contribution < 1.29 is 0 Å². The number of thiophene rings is 1. The van der Waals surface area contributed by atoms with E-state index in [0.29, 0.717) is 0 Å². The molecule has 2 aromatic rings. The van der Waals surface area contributed by atoms with Gasteiger partial charge >= 0.3 is 0 Å². The smallest absolute Gasteiger partial charge is 0.0996 e. The molecule has 0 radical (unpaired) electrons. The van der Waals surface area contributed by atoms with Crippen LogP contribution in [0.2, 0.25) is 0 Å². The van der Waals surface area contributed by atoms with Crippen molar-refractivity contribution in [3.63, 3.8) is 0 Å². The molecule has 2 aromatic heterocycles. The van der Waals surface area contributed by atoms with Crippen molar-refractivity contribution in [1.29, 1.82) is 0 Å². The zero-order valence-electron chi connectivity index (χ0n) is 6.22. The number of fused-ring (bicyclic) bond motifs is 1. The van der Waals surface area contributed by atoms with E-state index >= 15 is 0 Å². The van der Waals surface area contributed by atoms with Gasteiger partial charge in [0.2, 0.25) is 0 Å². The van der Waals surface area contributed by atoms with E-state index in [0.717, 1.165) is 0 Å². The quantitative estimate of drug-likeness (QED) is 0.598. The maximum absolute atomic E-state index is 3.12. The Hall–Kier alpha value is -0.760. The van der Waals surface area contributed by atoms with Crippen molar-refractivity contribution in [2.45, 2.75) is 13.8 Å². The SMILES string of the molecule is CC.c1cc2ccsc2[nH]1. The molecular formula is C8H11NS. The van der Waals surface area contributed by atoms with Gasteiger partial charge in [-0.1, -0.05) is 13.8 Å². The molecule has 2 rings (SSSR count). The van der Waals surface area contributed by atoms with Crippen molar-refractivity contribution >= 4 is 21.6 Å². The Balaban J connectivity index is 0.000000231. The highest BCUT2D eigenvalue weighted by atomic mass is 32.1. The predicted molar refractivity (Wildman–Crippen MR) is 47.5 cm³/mol. The zero-order chi connectivity index (χ0) is 7.40. The van der Waals surface area contributed by atoms with Gasteiger partial charge in [0, 0.05) is 11.6 Å². The Morgan fingerprint density at radius 1 is 1.30 bits per heavy atom. The fourth-order valence-electron chi connectivity index (χ4n) is 0.775. The molecule has 0 unspecified atom stereocenters. The summed E-state index contributed by atoms with van der Waals surface area (Å²) in [4.78, 5) is 4.39. The Morgan fingerprint density at radius 3 is 2.80 bits per heavy atom. The monoisotopic (exact) mass is 153 g/mol. The van der Waals surface area contributed by atoms with Crippen molar-refractivity contribution in [2.75, 3.05) is 0 Å². The van der Waals surface area contributed by atoms with Crippen molar-refractivity contribution in [3.8, 4) is 0 Å². The maximum Gasteiger partial charge on any atom is 0.0996 e. The molecule has 2 heterocycles. The molecule has 10 heavy (non-hydrogen) atoms. The third-order valence-electron chi connectivity index (χ3n) is 1.17. The largest absolute Gasteiger partial charge is 0.353 e. The summed E-state index contributed by atoms with van der Waals surface area (Å²) in [5.74, 6) is 0. The summed E-state index contributed by atoms with van der Waals surface area (Å²) >= 11 is 1.74. The second kappa shape index (κ2) is 3.42. The number of rotatable bonds is 0. The first-order valence-corrected chi connectivity index (χ1v) is 4.35. The first-order valence-electron chi connectivity index (χ1n) is 3.47. The minimum atomic E-state index is 1.27. The summed E-state index contributed by atoms with van der Waals surface area (Å²) in [5, 5.41) is 3.40. The van der Waals surface area contributed by atoms with Gasteiger partial charge in [-0.25, -0.2) is 0 Å². The van der Waals surface area contributed by atoms with E-state index in [-0.39, 0.29) is 0 Å². The third kappa shape index (κ3) is 1.21. The van der Waals surface area contributed by atoms with Gasteiger partial charge in [0.05, 0.1) is 4.83 Å². The molecule has 0 atom stereocenters. The Morgan fingerprint density at radius 2 is 2.10 bits per heavy atom. The van der Waals surface area contributed by atoms with Crippen LogP contribution in [0.1, 0.15) is 13.8 Å². The molecule has 0 saturated carbocycles. The van der Waals surface area contributed by atoms with Gasteiger partial charge in [-0.15, -0.1) is 11.3 Å². The zero-order valence-corrected chi connectivity index (χ0v) is 7.03. The highest BCUT2D eigenvalue weighted by Crippen LogP contribution is 2.17. The lowest BCUT2D eigenvalue weighted by atomic mass is 10.4. The van der Waals surface area contributed by atoms with Crippen LogP contribution in [0.15, 0.2) is 23.7 Å². The number of H-pyrrole nitrogens is 1. The molecule has 0 amide bonds. The minimum Gasteiger partial charge on any atom is -0.353 e. The maximum atomic E-state index is 3.12. The van der Waals surface area contributed by atoms with Crippen LogP contribution in [0.4, 0.5) is 0 Å². The van der Waals surface area contributed by atoms with Gasteiger partial charge in [0.1, 0.15) is 0 Å². The van der Waals surface area contributed by atoms with Crippen LogP contribution in [0, 0.1) is 0 Å². The molecule has 1 N–H and O–H groups in total.